The summed E-state index contributed by atoms with van der Waals surface area (Å²) >= 11 is 0. The molecule has 7 aromatic rings. The average Bonchev–Trinajstić information content (AvgIpc) is 3.18. The number of rotatable bonds is 7. The first-order valence-corrected chi connectivity index (χ1v) is 16.2. The third-order valence-corrected chi connectivity index (χ3v) is 8.76. The maximum Gasteiger partial charge on any atom is 0.116 e. The van der Waals surface area contributed by atoms with Gasteiger partial charge in [0, 0.05) is 47.1 Å². The summed E-state index contributed by atoms with van der Waals surface area (Å²) in [5.74, 6) is 0. The summed E-state index contributed by atoms with van der Waals surface area (Å²) in [7, 11) is 0. The topological polar surface area (TPSA) is 74.0 Å². The van der Waals surface area contributed by atoms with Gasteiger partial charge in [-0.25, -0.2) is 0 Å². The van der Waals surface area contributed by atoms with Gasteiger partial charge in [0.2, 0.25) is 0 Å². The number of nitrogens with zero attached hydrogens (tertiary/aromatic N) is 3. The zero-order chi connectivity index (χ0) is 33.0. The Labute approximate surface area is 285 Å². The number of benzene rings is 5. The molecule has 0 aliphatic heterocycles. The van der Waals surface area contributed by atoms with Gasteiger partial charge in [0.25, 0.3) is 0 Å². The van der Waals surface area contributed by atoms with Gasteiger partial charge in [-0.05, 0) is 86.6 Å². The Morgan fingerprint density at radius 2 is 1.10 bits per heavy atom. The number of fused-ring (bicyclic) bond motifs is 1. The van der Waals surface area contributed by atoms with Crippen LogP contribution in [0.4, 0.5) is 5.69 Å². The van der Waals surface area contributed by atoms with Crippen molar-refractivity contribution in [3.63, 3.8) is 0 Å². The fourth-order valence-electron chi connectivity index (χ4n) is 6.35. The summed E-state index contributed by atoms with van der Waals surface area (Å²) in [5.41, 5.74) is 15.2. The van der Waals surface area contributed by atoms with Gasteiger partial charge < -0.3 is 0 Å². The van der Waals surface area contributed by atoms with E-state index in [1.165, 1.54) is 10.8 Å². The molecule has 5 heteroatoms. The van der Waals surface area contributed by atoms with E-state index in [-0.39, 0.29) is 0 Å². The predicted molar refractivity (Wildman–Crippen MR) is 203 cm³/mol. The van der Waals surface area contributed by atoms with Crippen LogP contribution in [0.3, 0.4) is 0 Å². The summed E-state index contributed by atoms with van der Waals surface area (Å²) in [6.45, 7) is 0. The molecule has 0 bridgehead atoms. The Morgan fingerprint density at radius 1 is 0.510 bits per heavy atom. The average molecular weight is 630 g/mol. The minimum atomic E-state index is 0.321. The largest absolute Gasteiger partial charge is 0.299 e. The minimum absolute atomic E-state index is 0.321. The van der Waals surface area contributed by atoms with Crippen LogP contribution in [-0.2, 0) is 0 Å². The highest BCUT2D eigenvalue weighted by molar-refractivity contribution is 6.62. The highest BCUT2D eigenvalue weighted by Gasteiger charge is 2.22. The molecular formula is C44H31N5. The maximum atomic E-state index is 9.32. The molecular weight excluding hydrogens is 599 g/mol. The Hall–Kier alpha value is -6.72. The van der Waals surface area contributed by atoms with Crippen LogP contribution in [-0.4, -0.2) is 21.4 Å². The molecule has 5 aromatic carbocycles. The van der Waals surface area contributed by atoms with E-state index in [0.29, 0.717) is 11.4 Å². The molecule has 0 unspecified atom stereocenters. The number of hydrogen-bond donors (Lipinski definition) is 2. The van der Waals surface area contributed by atoms with Crippen molar-refractivity contribution in [2.24, 2.45) is 5.10 Å². The molecule has 8 rings (SSSR count). The van der Waals surface area contributed by atoms with Crippen LogP contribution in [0.1, 0.15) is 11.1 Å². The molecule has 0 fully saturated rings. The predicted octanol–water partition coefficient (Wildman–Crippen LogP) is 10.6. The van der Waals surface area contributed by atoms with Crippen molar-refractivity contribution in [3.8, 4) is 33.4 Å². The molecule has 49 heavy (non-hydrogen) atoms. The molecule has 2 heterocycles. The molecule has 0 atom stereocenters. The van der Waals surface area contributed by atoms with E-state index in [4.69, 9.17) is 5.10 Å². The Morgan fingerprint density at radius 3 is 1.86 bits per heavy atom. The number of nitrogens with one attached hydrogen (secondary N) is 2. The first kappa shape index (κ1) is 29.7. The highest BCUT2D eigenvalue weighted by atomic mass is 15.3. The molecule has 0 spiro atoms. The number of para-hydroxylation sites is 1. The second kappa shape index (κ2) is 13.2. The van der Waals surface area contributed by atoms with E-state index in [2.05, 4.69) is 119 Å². The van der Waals surface area contributed by atoms with Crippen LogP contribution in [0.25, 0.3) is 55.3 Å². The summed E-state index contributed by atoms with van der Waals surface area (Å²) in [6.07, 6.45) is 11.3. The molecule has 2 aromatic heterocycles. The summed E-state index contributed by atoms with van der Waals surface area (Å²) < 4.78 is 0. The van der Waals surface area contributed by atoms with Crippen LogP contribution in [0.2, 0.25) is 0 Å². The SMILES string of the molecule is N=C1C=C(c2cccc(-c3cccnc3)c2)C=C(c2cccc(-c3cccnc3)c2)/C1=N/Nc1ccccc1-c1cccc2ccccc12. The normalized spacial score (nSPS) is 13.6. The molecule has 0 amide bonds. The Kier molecular flexibility index (Phi) is 7.98. The lowest BCUT2D eigenvalue weighted by atomic mass is 9.86. The third kappa shape index (κ3) is 6.09. The zero-order valence-electron chi connectivity index (χ0n) is 26.6. The van der Waals surface area contributed by atoms with E-state index in [1.54, 1.807) is 12.4 Å². The number of allylic oxidation sites excluding steroid dienone is 4. The Bertz CT molecular complexity index is 2420. The first-order valence-electron chi connectivity index (χ1n) is 16.2. The Balaban J connectivity index is 1.22. The lowest BCUT2D eigenvalue weighted by molar-refractivity contribution is 1.33. The van der Waals surface area contributed by atoms with Crippen LogP contribution in [0.5, 0.6) is 0 Å². The molecule has 2 N–H and O–H groups in total. The fourth-order valence-corrected chi connectivity index (χ4v) is 6.35. The lowest BCUT2D eigenvalue weighted by Crippen LogP contribution is -2.19. The number of anilines is 1. The van der Waals surface area contributed by atoms with Crippen LogP contribution < -0.4 is 5.43 Å². The van der Waals surface area contributed by atoms with Crippen molar-refractivity contribution >= 4 is 39.0 Å². The van der Waals surface area contributed by atoms with Crippen molar-refractivity contribution in [1.82, 2.24) is 9.97 Å². The van der Waals surface area contributed by atoms with Crippen LogP contribution >= 0.6 is 0 Å². The van der Waals surface area contributed by atoms with Crippen molar-refractivity contribution < 1.29 is 0 Å². The quantitative estimate of drug-likeness (QED) is 0.136. The molecule has 0 radical (unpaired) electrons. The fraction of sp³-hybridized carbons (Fsp3) is 0. The van der Waals surface area contributed by atoms with Gasteiger partial charge in [0.15, 0.2) is 0 Å². The monoisotopic (exact) mass is 629 g/mol. The van der Waals surface area contributed by atoms with Crippen molar-refractivity contribution in [3.05, 3.63) is 188 Å². The number of hydrazone groups is 1. The van der Waals surface area contributed by atoms with Crippen molar-refractivity contribution in [2.75, 3.05) is 5.43 Å². The second-order valence-corrected chi connectivity index (χ2v) is 11.9. The zero-order valence-corrected chi connectivity index (χ0v) is 26.6. The van der Waals surface area contributed by atoms with Crippen LogP contribution in [0, 0.1) is 5.41 Å². The standard InChI is InChI=1S/C44H31N5/c45-42-27-37(33-14-5-12-31(24-33)35-16-8-22-46-28-35)26-41(34-15-6-13-32(25-34)36-17-9-23-47-29-36)44(42)49-48-43-21-4-3-19-40(43)39-20-7-11-30-10-1-2-18-38(30)39/h1-29,45,48H/b45-42?,49-44-. The number of aromatic nitrogens is 2. The van der Waals surface area contributed by atoms with Crippen molar-refractivity contribution in [1.29, 1.82) is 5.41 Å². The number of hydrogen-bond acceptors (Lipinski definition) is 5. The van der Waals surface area contributed by atoms with Gasteiger partial charge in [-0.3, -0.25) is 20.8 Å². The molecule has 0 saturated carbocycles. The smallest absolute Gasteiger partial charge is 0.116 e. The van der Waals surface area contributed by atoms with Gasteiger partial charge in [0.05, 0.1) is 11.4 Å². The molecule has 0 saturated heterocycles. The minimum Gasteiger partial charge on any atom is -0.299 e. The lowest BCUT2D eigenvalue weighted by Gasteiger charge is -2.20. The van der Waals surface area contributed by atoms with E-state index >= 15 is 0 Å². The van der Waals surface area contributed by atoms with E-state index < -0.39 is 0 Å². The summed E-state index contributed by atoms with van der Waals surface area (Å²) in [6, 6.07) is 47.7. The van der Waals surface area contributed by atoms with E-state index in [0.717, 1.165) is 61.3 Å². The second-order valence-electron chi connectivity index (χ2n) is 11.9. The van der Waals surface area contributed by atoms with E-state index in [9.17, 15) is 5.41 Å². The van der Waals surface area contributed by atoms with Gasteiger partial charge in [0.1, 0.15) is 5.71 Å². The highest BCUT2D eigenvalue weighted by Crippen LogP contribution is 2.35. The van der Waals surface area contributed by atoms with Crippen LogP contribution in [0.15, 0.2) is 182 Å². The summed E-state index contributed by atoms with van der Waals surface area (Å²) in [4.78, 5) is 8.64. The van der Waals surface area contributed by atoms with Gasteiger partial charge in [-0.1, -0.05) is 109 Å². The van der Waals surface area contributed by atoms with Gasteiger partial charge >= 0.3 is 0 Å². The molecule has 1 aliphatic carbocycles. The van der Waals surface area contributed by atoms with E-state index in [1.807, 2.05) is 60.9 Å². The summed E-state index contributed by atoms with van der Waals surface area (Å²) in [5, 5.41) is 16.6. The van der Waals surface area contributed by atoms with Crippen molar-refractivity contribution in [2.45, 2.75) is 0 Å². The molecule has 1 aliphatic rings. The van der Waals surface area contributed by atoms with Gasteiger partial charge in [-0.2, -0.15) is 5.10 Å². The van der Waals surface area contributed by atoms with Gasteiger partial charge in [-0.15, -0.1) is 0 Å². The first-order chi connectivity index (χ1) is 24.2. The number of pyridine rings is 2. The third-order valence-electron chi connectivity index (χ3n) is 8.76. The molecule has 5 nitrogen and oxygen atoms in total. The maximum absolute atomic E-state index is 9.32. The molecule has 232 valence electrons.